The summed E-state index contributed by atoms with van der Waals surface area (Å²) in [6.07, 6.45) is -0.315. The first-order valence-electron chi connectivity index (χ1n) is 9.41. The Kier molecular flexibility index (Phi) is 8.59. The largest absolute Gasteiger partial charge is 0.444 e. The number of oxazole rings is 1. The van der Waals surface area contributed by atoms with Crippen LogP contribution in [0.4, 0.5) is 4.79 Å². The van der Waals surface area contributed by atoms with Crippen LogP contribution in [0.25, 0.3) is 0 Å². The molecule has 0 fully saturated rings. The van der Waals surface area contributed by atoms with Gasteiger partial charge in [-0.25, -0.2) is 14.8 Å². The highest BCUT2D eigenvalue weighted by molar-refractivity contribution is 5.79. The zero-order valence-electron chi connectivity index (χ0n) is 18.0. The van der Waals surface area contributed by atoms with Crippen LogP contribution in [0.3, 0.4) is 0 Å². The van der Waals surface area contributed by atoms with Crippen molar-refractivity contribution in [2.75, 3.05) is 26.7 Å². The van der Waals surface area contributed by atoms with E-state index in [1.54, 1.807) is 11.9 Å². The van der Waals surface area contributed by atoms with E-state index in [1.165, 1.54) is 0 Å². The number of carbonyl (C=O) groups excluding carboxylic acids is 1. The monoisotopic (exact) mass is 381 g/mol. The SMILES string of the molecule is CCNC(=NCc1nc(C)c(C)o1)NCC(C)CN(C)C(=O)OC(C)(C)C. The molecule has 27 heavy (non-hydrogen) atoms. The Labute approximate surface area is 162 Å². The number of amides is 1. The third-order valence-electron chi connectivity index (χ3n) is 3.70. The van der Waals surface area contributed by atoms with Crippen molar-refractivity contribution in [3.05, 3.63) is 17.3 Å². The number of carbonyl (C=O) groups is 1. The second-order valence-electron chi connectivity index (χ2n) is 7.79. The maximum atomic E-state index is 12.1. The lowest BCUT2D eigenvalue weighted by atomic mass is 10.1. The number of hydrogen-bond donors (Lipinski definition) is 2. The number of aryl methyl sites for hydroxylation is 2. The normalized spacial score (nSPS) is 13.3. The van der Waals surface area contributed by atoms with Crippen LogP contribution in [0, 0.1) is 19.8 Å². The molecule has 8 nitrogen and oxygen atoms in total. The van der Waals surface area contributed by atoms with E-state index in [0.717, 1.165) is 18.0 Å². The molecule has 0 aliphatic rings. The van der Waals surface area contributed by atoms with Gasteiger partial charge < -0.3 is 24.7 Å². The fraction of sp³-hybridized carbons (Fsp3) is 0.737. The van der Waals surface area contributed by atoms with Crippen LogP contribution in [-0.2, 0) is 11.3 Å². The Bertz CT molecular complexity index is 614. The van der Waals surface area contributed by atoms with E-state index < -0.39 is 5.60 Å². The minimum atomic E-state index is -0.492. The van der Waals surface area contributed by atoms with Crippen LogP contribution in [0.15, 0.2) is 9.41 Å². The summed E-state index contributed by atoms with van der Waals surface area (Å²) in [5.41, 5.74) is 0.394. The number of aromatic nitrogens is 1. The summed E-state index contributed by atoms with van der Waals surface area (Å²) < 4.78 is 10.9. The van der Waals surface area contributed by atoms with E-state index in [0.29, 0.717) is 31.5 Å². The summed E-state index contributed by atoms with van der Waals surface area (Å²) in [5, 5.41) is 6.50. The predicted molar refractivity (Wildman–Crippen MR) is 107 cm³/mol. The van der Waals surface area contributed by atoms with Crippen molar-refractivity contribution in [2.24, 2.45) is 10.9 Å². The van der Waals surface area contributed by atoms with Gasteiger partial charge in [-0.2, -0.15) is 0 Å². The molecule has 2 N–H and O–H groups in total. The van der Waals surface area contributed by atoms with E-state index in [1.807, 2.05) is 41.5 Å². The number of rotatable bonds is 7. The molecule has 0 aromatic carbocycles. The molecule has 1 unspecified atom stereocenters. The van der Waals surface area contributed by atoms with Gasteiger partial charge in [0.1, 0.15) is 17.9 Å². The predicted octanol–water partition coefficient (Wildman–Crippen LogP) is 2.85. The average molecular weight is 382 g/mol. The lowest BCUT2D eigenvalue weighted by molar-refractivity contribution is 0.0278. The first-order valence-corrected chi connectivity index (χ1v) is 9.41. The van der Waals surface area contributed by atoms with Crippen molar-refractivity contribution in [3.63, 3.8) is 0 Å². The van der Waals surface area contributed by atoms with Crippen LogP contribution in [-0.4, -0.2) is 54.2 Å². The highest BCUT2D eigenvalue weighted by atomic mass is 16.6. The van der Waals surface area contributed by atoms with E-state index in [2.05, 4.69) is 27.5 Å². The van der Waals surface area contributed by atoms with E-state index in [9.17, 15) is 4.79 Å². The van der Waals surface area contributed by atoms with Gasteiger partial charge in [-0.3, -0.25) is 0 Å². The van der Waals surface area contributed by atoms with Gasteiger partial charge in [0.15, 0.2) is 5.96 Å². The van der Waals surface area contributed by atoms with Gasteiger partial charge in [-0.1, -0.05) is 6.92 Å². The standard InChI is InChI=1S/C19H35N5O3/c1-9-20-17(22-11-16-23-14(3)15(4)26-16)21-10-13(2)12-24(8)18(25)27-19(5,6)7/h13H,9-12H2,1-8H3,(H2,20,21,22). The molecule has 0 spiro atoms. The first-order chi connectivity index (χ1) is 12.5. The molecule has 1 aromatic rings. The van der Waals surface area contributed by atoms with Crippen molar-refractivity contribution in [1.82, 2.24) is 20.5 Å². The van der Waals surface area contributed by atoms with Gasteiger partial charge in [0.05, 0.1) is 5.69 Å². The molecular formula is C19H35N5O3. The second kappa shape index (κ2) is 10.2. The number of nitrogens with one attached hydrogen (secondary N) is 2. The smallest absolute Gasteiger partial charge is 0.410 e. The van der Waals surface area contributed by atoms with Crippen molar-refractivity contribution in [1.29, 1.82) is 0 Å². The van der Waals surface area contributed by atoms with E-state index in [4.69, 9.17) is 9.15 Å². The van der Waals surface area contributed by atoms with Crippen LogP contribution in [0.5, 0.6) is 0 Å². The summed E-state index contributed by atoms with van der Waals surface area (Å²) >= 11 is 0. The lowest BCUT2D eigenvalue weighted by Gasteiger charge is -2.26. The van der Waals surface area contributed by atoms with Gasteiger partial charge in [0, 0.05) is 26.7 Å². The van der Waals surface area contributed by atoms with Gasteiger partial charge in [0.2, 0.25) is 5.89 Å². The van der Waals surface area contributed by atoms with Crippen LogP contribution < -0.4 is 10.6 Å². The fourth-order valence-electron chi connectivity index (χ4n) is 2.31. The van der Waals surface area contributed by atoms with Crippen LogP contribution >= 0.6 is 0 Å². The molecule has 1 rings (SSSR count). The Balaban J connectivity index is 2.52. The Morgan fingerprint density at radius 3 is 2.52 bits per heavy atom. The number of aliphatic imine (C=N–C) groups is 1. The summed E-state index contributed by atoms with van der Waals surface area (Å²) in [6.45, 7) is 15.8. The number of guanidine groups is 1. The average Bonchev–Trinajstić information content (AvgIpc) is 2.86. The number of nitrogens with zero attached hydrogens (tertiary/aromatic N) is 3. The summed E-state index contributed by atoms with van der Waals surface area (Å²) in [7, 11) is 1.75. The second-order valence-corrected chi connectivity index (χ2v) is 7.79. The van der Waals surface area contributed by atoms with Crippen molar-refractivity contribution in [3.8, 4) is 0 Å². The Morgan fingerprint density at radius 2 is 2.00 bits per heavy atom. The molecular weight excluding hydrogens is 346 g/mol. The van der Waals surface area contributed by atoms with Crippen molar-refractivity contribution >= 4 is 12.1 Å². The lowest BCUT2D eigenvalue weighted by Crippen LogP contribution is -2.42. The van der Waals surface area contributed by atoms with Gasteiger partial charge in [-0.15, -0.1) is 0 Å². The molecule has 0 bridgehead atoms. The molecule has 0 saturated carbocycles. The van der Waals surface area contributed by atoms with E-state index >= 15 is 0 Å². The van der Waals surface area contributed by atoms with Crippen molar-refractivity contribution < 1.29 is 13.9 Å². The van der Waals surface area contributed by atoms with Gasteiger partial charge in [0.25, 0.3) is 0 Å². The molecule has 1 atom stereocenters. The molecule has 154 valence electrons. The molecule has 1 aromatic heterocycles. The molecule has 0 aliphatic carbocycles. The maximum Gasteiger partial charge on any atom is 0.410 e. The van der Waals surface area contributed by atoms with E-state index in [-0.39, 0.29) is 12.0 Å². The molecule has 0 saturated heterocycles. The quantitative estimate of drug-likeness (QED) is 0.557. The minimum absolute atomic E-state index is 0.220. The zero-order chi connectivity index (χ0) is 20.6. The van der Waals surface area contributed by atoms with Gasteiger partial charge in [-0.05, 0) is 47.5 Å². The topological polar surface area (TPSA) is 92.0 Å². The number of ether oxygens (including phenoxy) is 1. The molecule has 1 amide bonds. The summed E-state index contributed by atoms with van der Waals surface area (Å²) in [6, 6.07) is 0. The van der Waals surface area contributed by atoms with Crippen LogP contribution in [0.1, 0.15) is 52.0 Å². The molecule has 1 heterocycles. The van der Waals surface area contributed by atoms with Crippen molar-refractivity contribution in [2.45, 2.75) is 60.6 Å². The molecule has 0 radical (unpaired) electrons. The fourth-order valence-corrected chi connectivity index (χ4v) is 2.31. The Hall–Kier alpha value is -2.25. The highest BCUT2D eigenvalue weighted by Gasteiger charge is 2.20. The number of hydrogen-bond acceptors (Lipinski definition) is 5. The van der Waals surface area contributed by atoms with Crippen LogP contribution in [0.2, 0.25) is 0 Å². The summed E-state index contributed by atoms with van der Waals surface area (Å²) in [5.74, 6) is 2.33. The van der Waals surface area contributed by atoms with Gasteiger partial charge >= 0.3 is 6.09 Å². The zero-order valence-corrected chi connectivity index (χ0v) is 18.0. The highest BCUT2D eigenvalue weighted by Crippen LogP contribution is 2.10. The third kappa shape index (κ3) is 8.79. The first kappa shape index (κ1) is 22.8. The summed E-state index contributed by atoms with van der Waals surface area (Å²) in [4.78, 5) is 22.5. The minimum Gasteiger partial charge on any atom is -0.444 e. The molecule has 0 aliphatic heterocycles. The Morgan fingerprint density at radius 1 is 1.33 bits per heavy atom. The maximum absolute atomic E-state index is 12.1. The molecule has 8 heteroatoms. The third-order valence-corrected chi connectivity index (χ3v) is 3.70.